The fourth-order valence-electron chi connectivity index (χ4n) is 2.79. The SMILES string of the molecule is CC(C)[C@H](NS(=O)(=O)c1ccccc1)C(=O)N1CCCCCC1. The standard InChI is InChI=1S/C17H26N2O3S/c1-14(2)16(17(20)19-12-8-3-4-9-13-19)18-23(21,22)15-10-6-5-7-11-15/h5-7,10-11,14,16,18H,3-4,8-9,12-13H2,1-2H3/t16-/m0/s1. The van der Waals surface area contributed by atoms with Crippen molar-refractivity contribution in [2.24, 2.45) is 5.92 Å². The Labute approximate surface area is 139 Å². The first kappa shape index (κ1) is 17.9. The Bertz CT molecular complexity index is 606. The van der Waals surface area contributed by atoms with E-state index in [1.54, 1.807) is 18.2 Å². The summed E-state index contributed by atoms with van der Waals surface area (Å²) in [4.78, 5) is 14.8. The molecule has 1 fully saturated rings. The highest BCUT2D eigenvalue weighted by Gasteiger charge is 2.31. The van der Waals surface area contributed by atoms with Gasteiger partial charge in [0.1, 0.15) is 6.04 Å². The first-order valence-electron chi connectivity index (χ1n) is 8.28. The van der Waals surface area contributed by atoms with E-state index in [0.717, 1.165) is 38.8 Å². The number of nitrogens with zero attached hydrogens (tertiary/aromatic N) is 1. The Hall–Kier alpha value is -1.40. The van der Waals surface area contributed by atoms with E-state index in [4.69, 9.17) is 0 Å². The number of carbonyl (C=O) groups excluding carboxylic acids is 1. The van der Waals surface area contributed by atoms with E-state index in [2.05, 4.69) is 4.72 Å². The molecule has 1 aliphatic rings. The van der Waals surface area contributed by atoms with E-state index in [1.807, 2.05) is 18.7 Å². The van der Waals surface area contributed by atoms with Crippen LogP contribution in [0.15, 0.2) is 35.2 Å². The molecule has 1 saturated heterocycles. The predicted octanol–water partition coefficient (Wildman–Crippen LogP) is 2.39. The lowest BCUT2D eigenvalue weighted by molar-refractivity contribution is -0.134. The van der Waals surface area contributed by atoms with Crippen molar-refractivity contribution in [3.05, 3.63) is 30.3 Å². The normalized spacial score (nSPS) is 17.8. The molecule has 23 heavy (non-hydrogen) atoms. The number of amides is 1. The summed E-state index contributed by atoms with van der Waals surface area (Å²) in [6.45, 7) is 5.17. The quantitative estimate of drug-likeness (QED) is 0.896. The van der Waals surface area contributed by atoms with Gasteiger partial charge in [0.15, 0.2) is 0 Å². The minimum absolute atomic E-state index is 0.107. The summed E-state index contributed by atoms with van der Waals surface area (Å²) in [6.07, 6.45) is 4.24. The zero-order chi connectivity index (χ0) is 16.9. The first-order valence-corrected chi connectivity index (χ1v) is 9.76. The minimum Gasteiger partial charge on any atom is -0.341 e. The lowest BCUT2D eigenvalue weighted by Gasteiger charge is -2.28. The molecule has 1 atom stereocenters. The van der Waals surface area contributed by atoms with Crippen LogP contribution in [0.5, 0.6) is 0 Å². The molecule has 1 heterocycles. The second-order valence-electron chi connectivity index (χ2n) is 6.40. The number of rotatable bonds is 5. The molecule has 1 amide bonds. The largest absolute Gasteiger partial charge is 0.341 e. The highest BCUT2D eigenvalue weighted by Crippen LogP contribution is 2.16. The van der Waals surface area contributed by atoms with Gasteiger partial charge >= 0.3 is 0 Å². The Morgan fingerprint density at radius 3 is 2.13 bits per heavy atom. The van der Waals surface area contributed by atoms with Gasteiger partial charge in [-0.3, -0.25) is 4.79 Å². The molecule has 0 aromatic heterocycles. The van der Waals surface area contributed by atoms with Gasteiger partial charge in [0.05, 0.1) is 4.90 Å². The number of nitrogens with one attached hydrogen (secondary N) is 1. The smallest absolute Gasteiger partial charge is 0.241 e. The molecule has 2 rings (SSSR count). The van der Waals surface area contributed by atoms with Crippen LogP contribution in [0.4, 0.5) is 0 Å². The van der Waals surface area contributed by atoms with Gasteiger partial charge in [-0.1, -0.05) is 44.9 Å². The summed E-state index contributed by atoms with van der Waals surface area (Å²) in [5.74, 6) is -0.217. The molecule has 0 aliphatic carbocycles. The van der Waals surface area contributed by atoms with E-state index >= 15 is 0 Å². The van der Waals surface area contributed by atoms with Crippen LogP contribution in [-0.2, 0) is 14.8 Å². The number of sulfonamides is 1. The second-order valence-corrected chi connectivity index (χ2v) is 8.11. The van der Waals surface area contributed by atoms with Gasteiger partial charge in [-0.25, -0.2) is 8.42 Å². The van der Waals surface area contributed by atoms with Gasteiger partial charge < -0.3 is 4.90 Å². The summed E-state index contributed by atoms with van der Waals surface area (Å²) in [7, 11) is -3.69. The van der Waals surface area contributed by atoms with Crippen molar-refractivity contribution in [1.29, 1.82) is 0 Å². The molecule has 1 aliphatic heterocycles. The molecular weight excluding hydrogens is 312 g/mol. The van der Waals surface area contributed by atoms with E-state index in [1.165, 1.54) is 12.1 Å². The van der Waals surface area contributed by atoms with Crippen molar-refractivity contribution in [3.8, 4) is 0 Å². The topological polar surface area (TPSA) is 66.5 Å². The highest BCUT2D eigenvalue weighted by atomic mass is 32.2. The summed E-state index contributed by atoms with van der Waals surface area (Å²) < 4.78 is 27.6. The van der Waals surface area contributed by atoms with Crippen LogP contribution in [0.3, 0.4) is 0 Å². The molecule has 0 bridgehead atoms. The summed E-state index contributed by atoms with van der Waals surface area (Å²) in [5, 5.41) is 0. The molecule has 5 nitrogen and oxygen atoms in total. The Balaban J connectivity index is 2.16. The zero-order valence-corrected chi connectivity index (χ0v) is 14.7. The van der Waals surface area contributed by atoms with Gasteiger partial charge in [0.2, 0.25) is 15.9 Å². The van der Waals surface area contributed by atoms with Crippen molar-refractivity contribution in [2.45, 2.75) is 50.5 Å². The third kappa shape index (κ3) is 4.78. The second kappa shape index (κ2) is 7.93. The fraction of sp³-hybridized carbons (Fsp3) is 0.588. The van der Waals surface area contributed by atoms with Gasteiger partial charge in [-0.05, 0) is 30.9 Å². The zero-order valence-electron chi connectivity index (χ0n) is 13.9. The van der Waals surface area contributed by atoms with Crippen LogP contribution in [0.25, 0.3) is 0 Å². The molecule has 0 saturated carbocycles. The molecular formula is C17H26N2O3S. The molecule has 0 spiro atoms. The van der Waals surface area contributed by atoms with Crippen molar-refractivity contribution in [2.75, 3.05) is 13.1 Å². The van der Waals surface area contributed by atoms with Crippen LogP contribution in [0.1, 0.15) is 39.5 Å². The van der Waals surface area contributed by atoms with Crippen molar-refractivity contribution in [3.63, 3.8) is 0 Å². The molecule has 0 unspecified atom stereocenters. The van der Waals surface area contributed by atoms with Crippen molar-refractivity contribution >= 4 is 15.9 Å². The number of benzene rings is 1. The molecule has 1 aromatic carbocycles. The van der Waals surface area contributed by atoms with Crippen molar-refractivity contribution < 1.29 is 13.2 Å². The van der Waals surface area contributed by atoms with Crippen molar-refractivity contribution in [1.82, 2.24) is 9.62 Å². The average molecular weight is 338 g/mol. The van der Waals surface area contributed by atoms with Crippen LogP contribution in [0.2, 0.25) is 0 Å². The van der Waals surface area contributed by atoms with E-state index < -0.39 is 16.1 Å². The lowest BCUT2D eigenvalue weighted by atomic mass is 10.0. The molecule has 0 radical (unpaired) electrons. The van der Waals surface area contributed by atoms with E-state index in [9.17, 15) is 13.2 Å². The average Bonchev–Trinajstić information content (AvgIpc) is 2.82. The van der Waals surface area contributed by atoms with Crippen LogP contribution in [-0.4, -0.2) is 38.4 Å². The number of hydrogen-bond acceptors (Lipinski definition) is 3. The highest BCUT2D eigenvalue weighted by molar-refractivity contribution is 7.89. The van der Waals surface area contributed by atoms with Gasteiger partial charge in [-0.2, -0.15) is 4.72 Å². The number of hydrogen-bond donors (Lipinski definition) is 1. The third-order valence-electron chi connectivity index (χ3n) is 4.19. The molecule has 1 N–H and O–H groups in total. The van der Waals surface area contributed by atoms with E-state index in [0.29, 0.717) is 0 Å². The summed E-state index contributed by atoms with van der Waals surface area (Å²) in [6, 6.07) is 7.47. The van der Waals surface area contributed by atoms with Crippen LogP contribution < -0.4 is 4.72 Å². The maximum atomic E-state index is 12.8. The monoisotopic (exact) mass is 338 g/mol. The maximum Gasteiger partial charge on any atom is 0.241 e. The van der Waals surface area contributed by atoms with Crippen LogP contribution in [0, 0.1) is 5.92 Å². The first-order chi connectivity index (χ1) is 10.9. The predicted molar refractivity (Wildman–Crippen MR) is 90.4 cm³/mol. The van der Waals surface area contributed by atoms with E-state index in [-0.39, 0.29) is 16.7 Å². The Morgan fingerprint density at radius 2 is 1.61 bits per heavy atom. The minimum atomic E-state index is -3.69. The number of likely N-dealkylation sites (tertiary alicyclic amines) is 1. The third-order valence-corrected chi connectivity index (χ3v) is 5.64. The Kier molecular flexibility index (Phi) is 6.18. The molecule has 1 aromatic rings. The lowest BCUT2D eigenvalue weighted by Crippen LogP contribution is -2.51. The molecule has 128 valence electrons. The Morgan fingerprint density at radius 1 is 1.04 bits per heavy atom. The molecule has 6 heteroatoms. The maximum absolute atomic E-state index is 12.8. The van der Waals surface area contributed by atoms with Gasteiger partial charge in [0.25, 0.3) is 0 Å². The van der Waals surface area contributed by atoms with Gasteiger partial charge in [-0.15, -0.1) is 0 Å². The fourth-order valence-corrected chi connectivity index (χ4v) is 4.15. The summed E-state index contributed by atoms with van der Waals surface area (Å²) in [5.41, 5.74) is 0. The van der Waals surface area contributed by atoms with Gasteiger partial charge in [0, 0.05) is 13.1 Å². The summed E-state index contributed by atoms with van der Waals surface area (Å²) >= 11 is 0. The van der Waals surface area contributed by atoms with Crippen LogP contribution >= 0.6 is 0 Å². The number of carbonyl (C=O) groups is 1.